The number of hydrogen-bond acceptors (Lipinski definition) is 4. The van der Waals surface area contributed by atoms with E-state index in [-0.39, 0.29) is 50.7 Å². The highest BCUT2D eigenvalue weighted by atomic mass is 32.2. The summed E-state index contributed by atoms with van der Waals surface area (Å²) in [5, 5.41) is 2.72. The number of carbonyl (C=O) groups is 2. The van der Waals surface area contributed by atoms with Gasteiger partial charge in [0, 0.05) is 45.1 Å². The van der Waals surface area contributed by atoms with Crippen LogP contribution in [0.25, 0.3) is 0 Å². The van der Waals surface area contributed by atoms with Gasteiger partial charge in [-0.05, 0) is 37.8 Å². The van der Waals surface area contributed by atoms with Crippen LogP contribution in [0.15, 0.2) is 29.2 Å². The van der Waals surface area contributed by atoms with Crippen LogP contribution in [0.3, 0.4) is 0 Å². The molecule has 31 heavy (non-hydrogen) atoms. The fraction of sp³-hybridized carbons (Fsp3) is 0.600. The molecule has 1 N–H and O–H groups in total. The highest BCUT2D eigenvalue weighted by Gasteiger charge is 2.40. The third-order valence-electron chi connectivity index (χ3n) is 5.73. The molecule has 0 radical (unpaired) electrons. The van der Waals surface area contributed by atoms with Gasteiger partial charge in [0.15, 0.2) is 0 Å². The van der Waals surface area contributed by atoms with Gasteiger partial charge < -0.3 is 10.2 Å². The number of halogens is 3. The molecular formula is C20H26F3N3O4S. The molecule has 0 spiro atoms. The predicted molar refractivity (Wildman–Crippen MR) is 106 cm³/mol. The highest BCUT2D eigenvalue weighted by molar-refractivity contribution is 7.89. The monoisotopic (exact) mass is 461 g/mol. The van der Waals surface area contributed by atoms with Crippen LogP contribution < -0.4 is 5.32 Å². The summed E-state index contributed by atoms with van der Waals surface area (Å²) < 4.78 is 66.2. The highest BCUT2D eigenvalue weighted by Crippen LogP contribution is 2.36. The number of rotatable bonds is 6. The van der Waals surface area contributed by atoms with E-state index in [0.29, 0.717) is 0 Å². The van der Waals surface area contributed by atoms with E-state index in [2.05, 4.69) is 5.32 Å². The van der Waals surface area contributed by atoms with Crippen LogP contribution in [-0.2, 0) is 25.8 Å². The first kappa shape index (κ1) is 23.5. The van der Waals surface area contributed by atoms with Crippen molar-refractivity contribution in [1.29, 1.82) is 0 Å². The number of sulfonamides is 1. The van der Waals surface area contributed by atoms with Gasteiger partial charge in [-0.2, -0.15) is 17.5 Å². The Balaban J connectivity index is 1.53. The van der Waals surface area contributed by atoms with E-state index in [0.717, 1.165) is 48.4 Å². The topological polar surface area (TPSA) is 86.8 Å². The van der Waals surface area contributed by atoms with Crippen LogP contribution in [0.2, 0.25) is 0 Å². The second-order valence-electron chi connectivity index (χ2n) is 7.80. The smallest absolute Gasteiger partial charge is 0.355 e. The van der Waals surface area contributed by atoms with Gasteiger partial charge in [0.2, 0.25) is 21.8 Å². The summed E-state index contributed by atoms with van der Waals surface area (Å²) in [6.07, 6.45) is -2.17. The number of amides is 2. The molecule has 172 valence electrons. The van der Waals surface area contributed by atoms with Crippen molar-refractivity contribution in [2.75, 3.05) is 32.7 Å². The van der Waals surface area contributed by atoms with Crippen molar-refractivity contribution in [3.05, 3.63) is 29.8 Å². The van der Waals surface area contributed by atoms with Crippen LogP contribution in [0.1, 0.15) is 37.7 Å². The maximum absolute atomic E-state index is 13.2. The number of carbonyl (C=O) groups excluding carboxylic acids is 2. The van der Waals surface area contributed by atoms with Crippen molar-refractivity contribution >= 4 is 21.8 Å². The molecule has 0 bridgehead atoms. The molecule has 2 aliphatic heterocycles. The molecule has 2 amide bonds. The molecule has 3 rings (SSSR count). The quantitative estimate of drug-likeness (QED) is 0.704. The largest absolute Gasteiger partial charge is 0.417 e. The third kappa shape index (κ3) is 5.57. The number of nitrogens with one attached hydrogen (secondary N) is 1. The van der Waals surface area contributed by atoms with Crippen LogP contribution >= 0.6 is 0 Å². The van der Waals surface area contributed by atoms with Crippen molar-refractivity contribution in [2.45, 2.75) is 43.2 Å². The van der Waals surface area contributed by atoms with Crippen molar-refractivity contribution < 1.29 is 31.2 Å². The van der Waals surface area contributed by atoms with E-state index in [1.54, 1.807) is 4.90 Å². The Bertz CT molecular complexity index is 906. The zero-order chi connectivity index (χ0) is 22.6. The van der Waals surface area contributed by atoms with Crippen LogP contribution in [0.4, 0.5) is 13.2 Å². The molecule has 2 aliphatic rings. The Hall–Kier alpha value is -2.14. The molecule has 1 aromatic carbocycles. The number of benzene rings is 1. The lowest BCUT2D eigenvalue weighted by Crippen LogP contribution is -2.43. The maximum atomic E-state index is 13.2. The Kier molecular flexibility index (Phi) is 7.25. The molecular weight excluding hydrogens is 435 g/mol. The van der Waals surface area contributed by atoms with Gasteiger partial charge in [0.05, 0.1) is 10.5 Å². The van der Waals surface area contributed by atoms with Gasteiger partial charge in [-0.3, -0.25) is 9.59 Å². The van der Waals surface area contributed by atoms with Gasteiger partial charge in [-0.25, -0.2) is 8.42 Å². The number of hydrogen-bond donors (Lipinski definition) is 1. The molecule has 0 aromatic heterocycles. The standard InChI is InChI=1S/C20H26F3N3O4S/c21-20(22,23)16-5-1-2-6-17(16)31(29,30)26-13-8-15(9-14-26)19(28)24-10-7-18(27)25-11-3-4-12-25/h1-2,5-6,15H,3-4,7-14H2,(H,24,28). The summed E-state index contributed by atoms with van der Waals surface area (Å²) in [5.74, 6) is -0.699. The molecule has 2 fully saturated rings. The Labute approximate surface area is 179 Å². The van der Waals surface area contributed by atoms with Crippen molar-refractivity contribution in [3.63, 3.8) is 0 Å². The van der Waals surface area contributed by atoms with Crippen molar-refractivity contribution in [2.24, 2.45) is 5.92 Å². The zero-order valence-electron chi connectivity index (χ0n) is 17.0. The van der Waals surface area contributed by atoms with E-state index in [9.17, 15) is 31.2 Å². The summed E-state index contributed by atoms with van der Waals surface area (Å²) in [5.41, 5.74) is -1.20. The van der Waals surface area contributed by atoms with E-state index in [1.807, 2.05) is 0 Å². The van der Waals surface area contributed by atoms with Gasteiger partial charge >= 0.3 is 6.18 Å². The minimum Gasteiger partial charge on any atom is -0.355 e. The number of nitrogens with zero attached hydrogens (tertiary/aromatic N) is 2. The molecule has 0 aliphatic carbocycles. The van der Waals surface area contributed by atoms with Crippen LogP contribution in [0, 0.1) is 5.92 Å². The summed E-state index contributed by atoms with van der Waals surface area (Å²) in [7, 11) is -4.33. The minimum atomic E-state index is -4.78. The third-order valence-corrected chi connectivity index (χ3v) is 7.69. The van der Waals surface area contributed by atoms with E-state index >= 15 is 0 Å². The van der Waals surface area contributed by atoms with Crippen molar-refractivity contribution in [1.82, 2.24) is 14.5 Å². The molecule has 2 saturated heterocycles. The lowest BCUT2D eigenvalue weighted by Gasteiger charge is -2.31. The van der Waals surface area contributed by atoms with Crippen molar-refractivity contribution in [3.8, 4) is 0 Å². The number of piperidine rings is 1. The lowest BCUT2D eigenvalue weighted by molar-refractivity contribution is -0.140. The Morgan fingerprint density at radius 1 is 1.03 bits per heavy atom. The first-order chi connectivity index (χ1) is 14.6. The van der Waals surface area contributed by atoms with Gasteiger partial charge in [0.1, 0.15) is 0 Å². The minimum absolute atomic E-state index is 0.00189. The second kappa shape index (κ2) is 9.56. The lowest BCUT2D eigenvalue weighted by atomic mass is 9.97. The molecule has 11 heteroatoms. The Morgan fingerprint density at radius 2 is 1.65 bits per heavy atom. The molecule has 7 nitrogen and oxygen atoms in total. The summed E-state index contributed by atoms with van der Waals surface area (Å²) in [6.45, 7) is 1.62. The molecule has 0 saturated carbocycles. The summed E-state index contributed by atoms with van der Waals surface area (Å²) >= 11 is 0. The van der Waals surface area contributed by atoms with E-state index in [1.165, 1.54) is 6.07 Å². The maximum Gasteiger partial charge on any atom is 0.417 e. The summed E-state index contributed by atoms with van der Waals surface area (Å²) in [6, 6.07) is 4.10. The fourth-order valence-electron chi connectivity index (χ4n) is 3.98. The van der Waals surface area contributed by atoms with E-state index in [4.69, 9.17) is 0 Å². The SMILES string of the molecule is O=C(NCCC(=O)N1CCCC1)C1CCN(S(=O)(=O)c2ccccc2C(F)(F)F)CC1. The average molecular weight is 462 g/mol. The van der Waals surface area contributed by atoms with E-state index < -0.39 is 32.6 Å². The molecule has 0 unspecified atom stereocenters. The molecule has 1 aromatic rings. The molecule has 0 atom stereocenters. The summed E-state index contributed by atoms with van der Waals surface area (Å²) in [4.78, 5) is 25.4. The zero-order valence-corrected chi connectivity index (χ0v) is 17.8. The Morgan fingerprint density at radius 3 is 2.26 bits per heavy atom. The second-order valence-corrected chi connectivity index (χ2v) is 9.71. The fourth-order valence-corrected chi connectivity index (χ4v) is 5.67. The van der Waals surface area contributed by atoms with Gasteiger partial charge in [-0.15, -0.1) is 0 Å². The molecule has 2 heterocycles. The predicted octanol–water partition coefficient (Wildman–Crippen LogP) is 2.23. The van der Waals surface area contributed by atoms with Gasteiger partial charge in [-0.1, -0.05) is 12.1 Å². The first-order valence-electron chi connectivity index (χ1n) is 10.3. The van der Waals surface area contributed by atoms with Crippen LogP contribution in [0.5, 0.6) is 0 Å². The number of alkyl halides is 3. The number of likely N-dealkylation sites (tertiary alicyclic amines) is 1. The van der Waals surface area contributed by atoms with Crippen LogP contribution in [-0.4, -0.2) is 62.2 Å². The van der Waals surface area contributed by atoms with Gasteiger partial charge in [0.25, 0.3) is 0 Å². The normalized spacial score (nSPS) is 18.9. The first-order valence-corrected chi connectivity index (χ1v) is 11.8. The average Bonchev–Trinajstić information content (AvgIpc) is 3.28.